The molecular formula is C13H13NO2. The highest BCUT2D eigenvalue weighted by atomic mass is 16.5. The van der Waals surface area contributed by atoms with Crippen LogP contribution in [0.5, 0.6) is 5.75 Å². The van der Waals surface area contributed by atoms with Crippen LogP contribution in [-0.4, -0.2) is 12.9 Å². The second-order valence-electron chi connectivity index (χ2n) is 4.30. The van der Waals surface area contributed by atoms with Crippen molar-refractivity contribution < 1.29 is 9.53 Å². The highest BCUT2D eigenvalue weighted by Gasteiger charge is 2.38. The molecule has 0 N–H and O–H groups in total. The van der Waals surface area contributed by atoms with Crippen molar-refractivity contribution in [3.63, 3.8) is 0 Å². The SMILES string of the molecule is COc1ccc2c(c1)CCC(C)(C#N)C2=O. The third-order valence-corrected chi connectivity index (χ3v) is 3.20. The first-order chi connectivity index (χ1) is 7.60. The van der Waals surface area contributed by atoms with Crippen LogP contribution in [0.1, 0.15) is 29.3 Å². The van der Waals surface area contributed by atoms with Gasteiger partial charge in [0.25, 0.3) is 0 Å². The van der Waals surface area contributed by atoms with E-state index in [-0.39, 0.29) is 5.78 Å². The van der Waals surface area contributed by atoms with Gasteiger partial charge in [-0.05, 0) is 43.5 Å². The largest absolute Gasteiger partial charge is 0.497 e. The summed E-state index contributed by atoms with van der Waals surface area (Å²) >= 11 is 0. The van der Waals surface area contributed by atoms with E-state index in [9.17, 15) is 4.79 Å². The van der Waals surface area contributed by atoms with Gasteiger partial charge in [0.05, 0.1) is 13.2 Å². The van der Waals surface area contributed by atoms with Crippen LogP contribution in [0, 0.1) is 16.7 Å². The van der Waals surface area contributed by atoms with Gasteiger partial charge in [0.2, 0.25) is 0 Å². The highest BCUT2D eigenvalue weighted by molar-refractivity contribution is 6.04. The molecule has 1 aliphatic rings. The maximum absolute atomic E-state index is 12.1. The number of carbonyl (C=O) groups excluding carboxylic acids is 1. The Bertz CT molecular complexity index is 487. The lowest BCUT2D eigenvalue weighted by Gasteiger charge is -2.27. The fourth-order valence-corrected chi connectivity index (χ4v) is 2.03. The second-order valence-corrected chi connectivity index (χ2v) is 4.30. The molecule has 0 aliphatic heterocycles. The third kappa shape index (κ3) is 1.47. The standard InChI is InChI=1S/C13H13NO2/c1-13(8-14)6-5-9-7-10(16-2)3-4-11(9)12(13)15/h3-4,7H,5-6H2,1-2H3. The molecule has 1 aliphatic carbocycles. The van der Waals surface area contributed by atoms with E-state index in [4.69, 9.17) is 10.00 Å². The Morgan fingerprint density at radius 3 is 2.88 bits per heavy atom. The van der Waals surface area contributed by atoms with Crippen molar-refractivity contribution in [2.45, 2.75) is 19.8 Å². The Morgan fingerprint density at radius 2 is 2.25 bits per heavy atom. The summed E-state index contributed by atoms with van der Waals surface area (Å²) in [4.78, 5) is 12.1. The first kappa shape index (κ1) is 10.7. The molecule has 0 radical (unpaired) electrons. The number of carbonyl (C=O) groups is 1. The number of hydrogen-bond acceptors (Lipinski definition) is 3. The van der Waals surface area contributed by atoms with Crippen molar-refractivity contribution in [1.29, 1.82) is 5.26 Å². The average molecular weight is 215 g/mol. The summed E-state index contributed by atoms with van der Waals surface area (Å²) in [6, 6.07) is 7.52. The number of rotatable bonds is 1. The quantitative estimate of drug-likeness (QED) is 0.722. The molecule has 2 rings (SSSR count). The molecule has 1 aromatic carbocycles. The molecule has 0 spiro atoms. The van der Waals surface area contributed by atoms with Crippen LogP contribution < -0.4 is 4.74 Å². The molecule has 0 aromatic heterocycles. The topological polar surface area (TPSA) is 50.1 Å². The molecular weight excluding hydrogens is 202 g/mol. The molecule has 1 unspecified atom stereocenters. The summed E-state index contributed by atoms with van der Waals surface area (Å²) in [5, 5.41) is 9.05. The Hall–Kier alpha value is -1.82. The van der Waals surface area contributed by atoms with E-state index >= 15 is 0 Å². The van der Waals surface area contributed by atoms with Crippen LogP contribution in [0.2, 0.25) is 0 Å². The molecule has 0 saturated heterocycles. The minimum atomic E-state index is -0.860. The molecule has 0 heterocycles. The van der Waals surface area contributed by atoms with E-state index < -0.39 is 5.41 Å². The zero-order valence-electron chi connectivity index (χ0n) is 9.41. The fourth-order valence-electron chi connectivity index (χ4n) is 2.03. The number of nitriles is 1. The van der Waals surface area contributed by atoms with Gasteiger partial charge in [0.1, 0.15) is 11.2 Å². The Kier molecular flexibility index (Phi) is 2.43. The maximum Gasteiger partial charge on any atom is 0.183 e. The third-order valence-electron chi connectivity index (χ3n) is 3.20. The second kappa shape index (κ2) is 3.64. The van der Waals surface area contributed by atoms with Crippen LogP contribution >= 0.6 is 0 Å². The number of hydrogen-bond donors (Lipinski definition) is 0. The van der Waals surface area contributed by atoms with E-state index in [0.29, 0.717) is 12.0 Å². The van der Waals surface area contributed by atoms with Crippen LogP contribution in [0.25, 0.3) is 0 Å². The first-order valence-corrected chi connectivity index (χ1v) is 5.24. The van der Waals surface area contributed by atoms with Crippen molar-refractivity contribution in [2.75, 3.05) is 7.11 Å². The summed E-state index contributed by atoms with van der Waals surface area (Å²) in [7, 11) is 1.60. The van der Waals surface area contributed by atoms with Gasteiger partial charge in [-0.2, -0.15) is 5.26 Å². The lowest BCUT2D eigenvalue weighted by Crippen LogP contribution is -2.31. The number of Topliss-reactive ketones (excluding diaryl/α,β-unsaturated/α-hetero) is 1. The van der Waals surface area contributed by atoms with Crippen LogP contribution in [0.15, 0.2) is 18.2 Å². The number of fused-ring (bicyclic) bond motifs is 1. The molecule has 3 heteroatoms. The summed E-state index contributed by atoms with van der Waals surface area (Å²) < 4.78 is 5.12. The van der Waals surface area contributed by atoms with E-state index in [1.165, 1.54) is 0 Å². The average Bonchev–Trinajstić information content (AvgIpc) is 2.33. The number of aryl methyl sites for hydroxylation is 1. The van der Waals surface area contributed by atoms with Crippen LogP contribution in [-0.2, 0) is 6.42 Å². The monoisotopic (exact) mass is 215 g/mol. The molecule has 0 fully saturated rings. The number of benzene rings is 1. The zero-order chi connectivity index (χ0) is 11.8. The predicted octanol–water partition coefficient (Wildman–Crippen LogP) is 2.35. The molecule has 82 valence electrons. The number of ketones is 1. The van der Waals surface area contributed by atoms with Gasteiger partial charge >= 0.3 is 0 Å². The Labute approximate surface area is 94.6 Å². The van der Waals surface area contributed by atoms with E-state index in [1.807, 2.05) is 6.07 Å². The van der Waals surface area contributed by atoms with E-state index in [1.54, 1.807) is 26.2 Å². The first-order valence-electron chi connectivity index (χ1n) is 5.24. The fraction of sp³-hybridized carbons (Fsp3) is 0.385. The number of ether oxygens (including phenoxy) is 1. The molecule has 1 atom stereocenters. The van der Waals surface area contributed by atoms with Gasteiger partial charge in [0.15, 0.2) is 5.78 Å². The minimum Gasteiger partial charge on any atom is -0.497 e. The molecule has 3 nitrogen and oxygen atoms in total. The lowest BCUT2D eigenvalue weighted by molar-refractivity contribution is 0.0854. The van der Waals surface area contributed by atoms with Gasteiger partial charge in [-0.1, -0.05) is 0 Å². The minimum absolute atomic E-state index is 0.0705. The van der Waals surface area contributed by atoms with Crippen LogP contribution in [0.4, 0.5) is 0 Å². The summed E-state index contributed by atoms with van der Waals surface area (Å²) in [5.41, 5.74) is 0.787. The smallest absolute Gasteiger partial charge is 0.183 e. The van der Waals surface area contributed by atoms with Crippen molar-refractivity contribution >= 4 is 5.78 Å². The summed E-state index contributed by atoms with van der Waals surface area (Å²) in [5.74, 6) is 0.686. The van der Waals surface area contributed by atoms with Gasteiger partial charge in [-0.15, -0.1) is 0 Å². The maximum atomic E-state index is 12.1. The number of nitrogens with zero attached hydrogens (tertiary/aromatic N) is 1. The van der Waals surface area contributed by atoms with Crippen molar-refractivity contribution in [3.05, 3.63) is 29.3 Å². The molecule has 0 bridgehead atoms. The van der Waals surface area contributed by atoms with Gasteiger partial charge in [0, 0.05) is 5.56 Å². The van der Waals surface area contributed by atoms with E-state index in [0.717, 1.165) is 17.7 Å². The Balaban J connectivity index is 2.48. The zero-order valence-corrected chi connectivity index (χ0v) is 9.41. The number of methoxy groups -OCH3 is 1. The van der Waals surface area contributed by atoms with Gasteiger partial charge < -0.3 is 4.74 Å². The van der Waals surface area contributed by atoms with Crippen molar-refractivity contribution in [2.24, 2.45) is 5.41 Å². The van der Waals surface area contributed by atoms with E-state index in [2.05, 4.69) is 6.07 Å². The molecule has 1 aromatic rings. The Morgan fingerprint density at radius 1 is 1.50 bits per heavy atom. The van der Waals surface area contributed by atoms with Gasteiger partial charge in [-0.25, -0.2) is 0 Å². The van der Waals surface area contributed by atoms with Crippen molar-refractivity contribution in [3.8, 4) is 11.8 Å². The normalized spacial score (nSPS) is 23.4. The molecule has 0 saturated carbocycles. The predicted molar refractivity (Wildman–Crippen MR) is 59.4 cm³/mol. The molecule has 0 amide bonds. The summed E-state index contributed by atoms with van der Waals surface area (Å²) in [6.45, 7) is 1.71. The lowest BCUT2D eigenvalue weighted by atomic mass is 9.73. The summed E-state index contributed by atoms with van der Waals surface area (Å²) in [6.07, 6.45) is 1.34. The molecule has 16 heavy (non-hydrogen) atoms. The highest BCUT2D eigenvalue weighted by Crippen LogP contribution is 2.35. The van der Waals surface area contributed by atoms with Crippen molar-refractivity contribution in [1.82, 2.24) is 0 Å². The van der Waals surface area contributed by atoms with Gasteiger partial charge in [-0.3, -0.25) is 4.79 Å². The van der Waals surface area contributed by atoms with Crippen LogP contribution in [0.3, 0.4) is 0 Å².